The highest BCUT2D eigenvalue weighted by Gasteiger charge is 2.50. The maximum Gasteiger partial charge on any atom is 0.270 e. The highest BCUT2D eigenvalue weighted by atomic mass is 16.2. The number of hydrogen-bond acceptors (Lipinski definition) is 3. The monoisotopic (exact) mass is 259 g/mol. The second-order valence-electron chi connectivity index (χ2n) is 6.01. The summed E-state index contributed by atoms with van der Waals surface area (Å²) in [7, 11) is 2.04. The molecule has 1 aromatic heterocycles. The number of hydrogen-bond donors (Lipinski definition) is 2. The van der Waals surface area contributed by atoms with Crippen LogP contribution in [0.15, 0.2) is 24.4 Å². The standard InChI is InChI=1S/C15H21N3O/c1-16-14-6-4-7-15(11-14,9-8-14)18-13(19)12-5-2-3-10-17-12/h2-3,5,10,16H,4,6-9,11H2,1H3,(H,18,19). The van der Waals surface area contributed by atoms with E-state index in [0.717, 1.165) is 25.7 Å². The predicted molar refractivity (Wildman–Crippen MR) is 73.9 cm³/mol. The number of fused-ring (bicyclic) bond motifs is 2. The summed E-state index contributed by atoms with van der Waals surface area (Å²) in [5.74, 6) is -0.0330. The molecular formula is C15H21N3O. The Morgan fingerprint density at radius 1 is 1.21 bits per heavy atom. The van der Waals surface area contributed by atoms with Crippen LogP contribution in [0.25, 0.3) is 0 Å². The van der Waals surface area contributed by atoms with Gasteiger partial charge in [0.2, 0.25) is 0 Å². The van der Waals surface area contributed by atoms with Crippen LogP contribution in [0.1, 0.15) is 49.0 Å². The van der Waals surface area contributed by atoms with Gasteiger partial charge in [0.25, 0.3) is 5.91 Å². The molecule has 2 bridgehead atoms. The van der Waals surface area contributed by atoms with Gasteiger partial charge in [-0.05, 0) is 57.7 Å². The van der Waals surface area contributed by atoms with Crippen molar-refractivity contribution in [3.05, 3.63) is 30.1 Å². The van der Waals surface area contributed by atoms with Crippen molar-refractivity contribution in [3.63, 3.8) is 0 Å². The van der Waals surface area contributed by atoms with Crippen LogP contribution >= 0.6 is 0 Å². The van der Waals surface area contributed by atoms with E-state index in [-0.39, 0.29) is 17.0 Å². The molecule has 0 aliphatic heterocycles. The Bertz CT molecular complexity index is 476. The van der Waals surface area contributed by atoms with Crippen LogP contribution in [0, 0.1) is 0 Å². The van der Waals surface area contributed by atoms with Crippen molar-refractivity contribution in [1.82, 2.24) is 15.6 Å². The zero-order valence-corrected chi connectivity index (χ0v) is 11.4. The van der Waals surface area contributed by atoms with Gasteiger partial charge < -0.3 is 10.6 Å². The average molecular weight is 259 g/mol. The summed E-state index contributed by atoms with van der Waals surface area (Å²) in [4.78, 5) is 16.4. The lowest BCUT2D eigenvalue weighted by Crippen LogP contribution is -2.53. The van der Waals surface area contributed by atoms with Gasteiger partial charge in [0.05, 0.1) is 0 Å². The molecule has 2 saturated carbocycles. The molecule has 2 aliphatic carbocycles. The van der Waals surface area contributed by atoms with E-state index in [0.29, 0.717) is 5.69 Å². The molecule has 0 radical (unpaired) electrons. The average Bonchev–Trinajstić information content (AvgIpc) is 2.71. The maximum atomic E-state index is 12.3. The van der Waals surface area contributed by atoms with Crippen LogP contribution < -0.4 is 10.6 Å². The summed E-state index contributed by atoms with van der Waals surface area (Å²) < 4.78 is 0. The third-order valence-electron chi connectivity index (χ3n) is 4.88. The predicted octanol–water partition coefficient (Wildman–Crippen LogP) is 1.88. The topological polar surface area (TPSA) is 54.0 Å². The largest absolute Gasteiger partial charge is 0.345 e. The molecule has 4 nitrogen and oxygen atoms in total. The lowest BCUT2D eigenvalue weighted by molar-refractivity contribution is 0.0866. The molecule has 19 heavy (non-hydrogen) atoms. The van der Waals surface area contributed by atoms with Crippen LogP contribution in [-0.4, -0.2) is 29.0 Å². The van der Waals surface area contributed by atoms with Gasteiger partial charge in [0, 0.05) is 17.3 Å². The quantitative estimate of drug-likeness (QED) is 0.871. The third-order valence-corrected chi connectivity index (χ3v) is 4.88. The second kappa shape index (κ2) is 4.60. The molecule has 4 heteroatoms. The summed E-state index contributed by atoms with van der Waals surface area (Å²) in [6.07, 6.45) is 8.45. The van der Waals surface area contributed by atoms with Crippen molar-refractivity contribution in [1.29, 1.82) is 0 Å². The molecule has 1 aromatic rings. The number of carbonyl (C=O) groups excluding carboxylic acids is 1. The zero-order valence-electron chi connectivity index (χ0n) is 11.4. The Hall–Kier alpha value is -1.42. The summed E-state index contributed by atoms with van der Waals surface area (Å²) in [6, 6.07) is 5.46. The van der Waals surface area contributed by atoms with E-state index in [4.69, 9.17) is 0 Å². The molecule has 2 atom stereocenters. The Labute approximate surface area is 114 Å². The molecule has 1 heterocycles. The fourth-order valence-corrected chi connectivity index (χ4v) is 3.80. The van der Waals surface area contributed by atoms with Crippen LogP contribution in [0.4, 0.5) is 0 Å². The van der Waals surface area contributed by atoms with Crippen molar-refractivity contribution in [2.24, 2.45) is 0 Å². The van der Waals surface area contributed by atoms with E-state index in [9.17, 15) is 4.79 Å². The minimum Gasteiger partial charge on any atom is -0.345 e. The number of nitrogens with zero attached hydrogens (tertiary/aromatic N) is 1. The van der Waals surface area contributed by atoms with E-state index in [2.05, 4.69) is 15.6 Å². The first-order valence-electron chi connectivity index (χ1n) is 7.10. The molecule has 102 valence electrons. The molecule has 2 unspecified atom stereocenters. The van der Waals surface area contributed by atoms with Gasteiger partial charge >= 0.3 is 0 Å². The summed E-state index contributed by atoms with van der Waals surface area (Å²) in [5.41, 5.74) is 0.746. The fraction of sp³-hybridized carbons (Fsp3) is 0.600. The Kier molecular flexibility index (Phi) is 3.05. The van der Waals surface area contributed by atoms with Gasteiger partial charge in [0.15, 0.2) is 0 Å². The molecule has 2 N–H and O–H groups in total. The molecule has 2 fully saturated rings. The van der Waals surface area contributed by atoms with Crippen molar-refractivity contribution in [3.8, 4) is 0 Å². The van der Waals surface area contributed by atoms with Crippen molar-refractivity contribution in [2.75, 3.05) is 7.05 Å². The highest BCUT2D eigenvalue weighted by molar-refractivity contribution is 5.92. The molecule has 3 rings (SSSR count). The molecule has 0 aromatic carbocycles. The number of pyridine rings is 1. The Morgan fingerprint density at radius 2 is 2.00 bits per heavy atom. The first-order chi connectivity index (χ1) is 9.17. The number of aromatic nitrogens is 1. The summed E-state index contributed by atoms with van der Waals surface area (Å²) in [6.45, 7) is 0. The van der Waals surface area contributed by atoms with Gasteiger partial charge in [-0.15, -0.1) is 0 Å². The molecular weight excluding hydrogens is 238 g/mol. The first kappa shape index (κ1) is 12.6. The van der Waals surface area contributed by atoms with Gasteiger partial charge in [0.1, 0.15) is 5.69 Å². The minimum absolute atomic E-state index is 0.0180. The Balaban J connectivity index is 1.75. The summed E-state index contributed by atoms with van der Waals surface area (Å²) >= 11 is 0. The maximum absolute atomic E-state index is 12.3. The first-order valence-corrected chi connectivity index (χ1v) is 7.10. The van der Waals surface area contributed by atoms with E-state index in [1.807, 2.05) is 19.2 Å². The van der Waals surface area contributed by atoms with Crippen LogP contribution in [0.3, 0.4) is 0 Å². The second-order valence-corrected chi connectivity index (χ2v) is 6.01. The SMILES string of the molecule is CNC12CCCC(NC(=O)c3ccccn3)(CC1)C2. The smallest absolute Gasteiger partial charge is 0.270 e. The number of amides is 1. The van der Waals surface area contributed by atoms with E-state index in [1.54, 1.807) is 12.3 Å². The lowest BCUT2D eigenvalue weighted by Gasteiger charge is -2.39. The molecule has 2 aliphatic rings. The minimum atomic E-state index is -0.0330. The van der Waals surface area contributed by atoms with E-state index in [1.165, 1.54) is 12.8 Å². The van der Waals surface area contributed by atoms with Gasteiger partial charge in [-0.25, -0.2) is 0 Å². The fourth-order valence-electron chi connectivity index (χ4n) is 3.80. The number of rotatable bonds is 3. The van der Waals surface area contributed by atoms with Crippen molar-refractivity contribution in [2.45, 2.75) is 49.6 Å². The van der Waals surface area contributed by atoms with E-state index < -0.39 is 0 Å². The van der Waals surface area contributed by atoms with E-state index >= 15 is 0 Å². The van der Waals surface area contributed by atoms with Crippen LogP contribution in [0.5, 0.6) is 0 Å². The molecule has 0 saturated heterocycles. The van der Waals surface area contributed by atoms with Crippen LogP contribution in [-0.2, 0) is 0 Å². The normalized spacial score (nSPS) is 33.1. The van der Waals surface area contributed by atoms with Crippen molar-refractivity contribution < 1.29 is 4.79 Å². The van der Waals surface area contributed by atoms with Crippen LogP contribution in [0.2, 0.25) is 0 Å². The Morgan fingerprint density at radius 3 is 2.74 bits per heavy atom. The van der Waals surface area contributed by atoms with Gasteiger partial charge in [-0.3, -0.25) is 9.78 Å². The zero-order chi connectivity index (χ0) is 13.3. The molecule has 1 amide bonds. The number of nitrogens with one attached hydrogen (secondary N) is 2. The highest BCUT2D eigenvalue weighted by Crippen LogP contribution is 2.47. The summed E-state index contributed by atoms with van der Waals surface area (Å²) in [5, 5.41) is 6.74. The number of carbonyl (C=O) groups is 1. The molecule has 0 spiro atoms. The van der Waals surface area contributed by atoms with Gasteiger partial charge in [-0.2, -0.15) is 0 Å². The lowest BCUT2D eigenvalue weighted by atomic mass is 9.78. The van der Waals surface area contributed by atoms with Crippen molar-refractivity contribution >= 4 is 5.91 Å². The third kappa shape index (κ3) is 2.25. The van der Waals surface area contributed by atoms with Gasteiger partial charge in [-0.1, -0.05) is 6.07 Å².